The number of ether oxygens (including phenoxy) is 1. The molecule has 2 aromatic carbocycles. The van der Waals surface area contributed by atoms with E-state index in [1.54, 1.807) is 0 Å². The lowest BCUT2D eigenvalue weighted by Gasteiger charge is -2.61. The number of carbonyl (C=O) groups is 2. The van der Waals surface area contributed by atoms with Gasteiger partial charge in [0.1, 0.15) is 6.61 Å². The zero-order valence-corrected chi connectivity index (χ0v) is 35.2. The smallest absolute Gasteiger partial charge is 0.309 e. The third-order valence-electron chi connectivity index (χ3n) is 15.3. The first kappa shape index (κ1) is 42.1. The molecular formula is C47H70NO6P. The van der Waals surface area contributed by atoms with E-state index in [0.717, 1.165) is 61.0 Å². The zero-order chi connectivity index (χ0) is 39.1. The molecule has 0 bridgehead atoms. The second-order valence-electron chi connectivity index (χ2n) is 18.6. The van der Waals surface area contributed by atoms with Crippen LogP contribution in [0.15, 0.2) is 60.7 Å². The lowest BCUT2D eigenvalue weighted by atomic mass is 9.44. The van der Waals surface area contributed by atoms with Crippen LogP contribution in [0.25, 0.3) is 0 Å². The Balaban J connectivity index is 1.02. The average Bonchev–Trinajstić information content (AvgIpc) is 3.55. The van der Waals surface area contributed by atoms with Crippen molar-refractivity contribution in [2.45, 2.75) is 137 Å². The van der Waals surface area contributed by atoms with E-state index in [-0.39, 0.29) is 49.9 Å². The molecule has 1 amide bonds. The molecule has 0 radical (unpaired) electrons. The molecule has 4 aliphatic rings. The van der Waals surface area contributed by atoms with E-state index in [1.165, 1.54) is 44.9 Å². The lowest BCUT2D eigenvalue weighted by molar-refractivity contribution is -0.149. The molecule has 0 spiro atoms. The highest BCUT2D eigenvalue weighted by molar-refractivity contribution is 7.59. The monoisotopic (exact) mass is 775 g/mol. The van der Waals surface area contributed by atoms with Crippen LogP contribution in [0, 0.1) is 52.3 Å². The number of unbranched alkanes of at least 4 members (excludes halogenated alkanes) is 1. The SMILES string of the molecule is CCCCC(CP(=O)(CCC(=O)NCC[C@@H](C)C1CCC2C3CCC4C[C@H](O)CCC4(C)C3CCC21C)OCc1ccccc1)C(=O)OCc1ccccc1. The first-order valence-electron chi connectivity index (χ1n) is 21.9. The minimum absolute atomic E-state index is 0.0722. The first-order valence-corrected chi connectivity index (χ1v) is 23.9. The Morgan fingerprint density at radius 3 is 2.25 bits per heavy atom. The predicted octanol–water partition coefficient (Wildman–Crippen LogP) is 10.6. The molecule has 0 aliphatic heterocycles. The number of esters is 1. The van der Waals surface area contributed by atoms with E-state index < -0.39 is 13.3 Å². The van der Waals surface area contributed by atoms with Gasteiger partial charge in [-0.2, -0.15) is 0 Å². The lowest BCUT2D eigenvalue weighted by Crippen LogP contribution is -2.54. The van der Waals surface area contributed by atoms with Crippen molar-refractivity contribution in [1.29, 1.82) is 0 Å². The van der Waals surface area contributed by atoms with Gasteiger partial charge in [-0.05, 0) is 128 Å². The maximum atomic E-state index is 14.6. The highest BCUT2D eigenvalue weighted by Crippen LogP contribution is 2.68. The van der Waals surface area contributed by atoms with Crippen molar-refractivity contribution < 1.29 is 28.5 Å². The fourth-order valence-corrected chi connectivity index (χ4v) is 14.5. The van der Waals surface area contributed by atoms with Crippen LogP contribution in [-0.2, 0) is 36.6 Å². The van der Waals surface area contributed by atoms with E-state index in [9.17, 15) is 19.3 Å². The maximum absolute atomic E-state index is 14.6. The summed E-state index contributed by atoms with van der Waals surface area (Å²) in [6.07, 6.45) is 14.5. The Labute approximate surface area is 332 Å². The Kier molecular flexibility index (Phi) is 14.4. The van der Waals surface area contributed by atoms with Crippen molar-refractivity contribution >= 4 is 19.2 Å². The first-order chi connectivity index (χ1) is 26.4. The van der Waals surface area contributed by atoms with Crippen molar-refractivity contribution in [3.05, 3.63) is 71.8 Å². The summed E-state index contributed by atoms with van der Waals surface area (Å²) in [6, 6.07) is 19.3. The Morgan fingerprint density at radius 2 is 1.55 bits per heavy atom. The topological polar surface area (TPSA) is 102 Å². The van der Waals surface area contributed by atoms with E-state index in [1.807, 2.05) is 60.7 Å². The molecule has 4 saturated carbocycles. The van der Waals surface area contributed by atoms with Crippen LogP contribution in [0.3, 0.4) is 0 Å². The number of hydrogen-bond acceptors (Lipinski definition) is 6. The van der Waals surface area contributed by atoms with Gasteiger partial charge in [-0.15, -0.1) is 0 Å². The summed E-state index contributed by atoms with van der Waals surface area (Å²) in [5.41, 5.74) is 2.58. The summed E-state index contributed by atoms with van der Waals surface area (Å²) >= 11 is 0. The van der Waals surface area contributed by atoms with Crippen LogP contribution < -0.4 is 5.32 Å². The van der Waals surface area contributed by atoms with Crippen molar-refractivity contribution in [3.63, 3.8) is 0 Å². The zero-order valence-electron chi connectivity index (χ0n) is 34.3. The fraction of sp³-hybridized carbons (Fsp3) is 0.702. The van der Waals surface area contributed by atoms with Crippen LogP contribution >= 0.6 is 7.37 Å². The highest BCUT2D eigenvalue weighted by atomic mass is 31.2. The molecule has 4 fully saturated rings. The van der Waals surface area contributed by atoms with Gasteiger partial charge >= 0.3 is 5.97 Å². The van der Waals surface area contributed by atoms with E-state index in [0.29, 0.717) is 41.5 Å². The van der Waals surface area contributed by atoms with E-state index in [4.69, 9.17) is 9.26 Å². The number of rotatable bonds is 18. The molecule has 0 heterocycles. The summed E-state index contributed by atoms with van der Waals surface area (Å²) in [6.45, 7) is 10.6. The number of hydrogen-bond donors (Lipinski definition) is 2. The molecule has 0 saturated heterocycles. The molecule has 8 heteroatoms. The number of carbonyl (C=O) groups excluding carboxylic acids is 2. The van der Waals surface area contributed by atoms with Crippen LogP contribution in [-0.4, -0.2) is 42.0 Å². The minimum atomic E-state index is -3.38. The Hall–Kier alpha value is -2.47. The molecule has 11 atom stereocenters. The van der Waals surface area contributed by atoms with Gasteiger partial charge in [0, 0.05) is 25.3 Å². The molecule has 6 rings (SSSR count). The predicted molar refractivity (Wildman–Crippen MR) is 220 cm³/mol. The van der Waals surface area contributed by atoms with Gasteiger partial charge in [-0.25, -0.2) is 0 Å². The largest absolute Gasteiger partial charge is 0.461 e. The van der Waals surface area contributed by atoms with Crippen LogP contribution in [0.1, 0.15) is 129 Å². The molecule has 2 aromatic rings. The van der Waals surface area contributed by atoms with E-state index >= 15 is 0 Å². The highest BCUT2D eigenvalue weighted by Gasteiger charge is 2.60. The molecule has 304 valence electrons. The van der Waals surface area contributed by atoms with Gasteiger partial charge in [-0.1, -0.05) is 101 Å². The van der Waals surface area contributed by atoms with Crippen LogP contribution in [0.2, 0.25) is 0 Å². The maximum Gasteiger partial charge on any atom is 0.309 e. The van der Waals surface area contributed by atoms with Crippen LogP contribution in [0.5, 0.6) is 0 Å². The van der Waals surface area contributed by atoms with E-state index in [2.05, 4.69) is 33.0 Å². The molecule has 9 unspecified atom stereocenters. The van der Waals surface area contributed by atoms with Gasteiger partial charge in [0.05, 0.1) is 18.6 Å². The summed E-state index contributed by atoms with van der Waals surface area (Å²) in [4.78, 5) is 26.7. The standard InChI is InChI=1S/C47H70NO6P/c1-5-6-17-37(45(51)53-31-35-13-9-7-10-14-35)33-55(52,54-32-36-15-11-8-12-16-36)29-25-44(50)48-28-24-34(2)41-20-21-42-40-19-18-38-30-39(49)22-26-46(38,3)43(40)23-27-47(41,42)4/h7-16,34,37-43,49H,5-6,17-33H2,1-4H3,(H,48,50)/t34-,37?,38?,39-,40?,41?,42?,43?,46?,47?,55?/m1/s1. The molecular weight excluding hydrogens is 705 g/mol. The van der Waals surface area contributed by atoms with Crippen molar-refractivity contribution in [1.82, 2.24) is 5.32 Å². The minimum Gasteiger partial charge on any atom is -0.461 e. The third-order valence-corrected chi connectivity index (χ3v) is 17.8. The number of benzene rings is 2. The third kappa shape index (κ3) is 10.2. The Morgan fingerprint density at radius 1 is 0.873 bits per heavy atom. The molecule has 4 aliphatic carbocycles. The summed E-state index contributed by atoms with van der Waals surface area (Å²) in [5, 5.41) is 13.6. The average molecular weight is 776 g/mol. The fourth-order valence-electron chi connectivity index (χ4n) is 12.1. The number of aliphatic hydroxyl groups is 1. The number of amides is 1. The van der Waals surface area contributed by atoms with Gasteiger partial charge in [0.15, 0.2) is 0 Å². The Bertz CT molecular complexity index is 1590. The molecule has 2 N–H and O–H groups in total. The quantitative estimate of drug-likeness (QED) is 0.115. The van der Waals surface area contributed by atoms with Gasteiger partial charge in [0.2, 0.25) is 13.3 Å². The van der Waals surface area contributed by atoms with Crippen molar-refractivity contribution in [2.24, 2.45) is 52.3 Å². The summed E-state index contributed by atoms with van der Waals surface area (Å²) < 4.78 is 26.5. The second kappa shape index (κ2) is 18.9. The van der Waals surface area contributed by atoms with Crippen molar-refractivity contribution in [3.8, 4) is 0 Å². The number of nitrogens with one attached hydrogen (secondary N) is 1. The van der Waals surface area contributed by atoms with Gasteiger partial charge in [-0.3, -0.25) is 14.2 Å². The van der Waals surface area contributed by atoms with Crippen LogP contribution in [0.4, 0.5) is 0 Å². The number of fused-ring (bicyclic) bond motifs is 5. The summed E-state index contributed by atoms with van der Waals surface area (Å²) in [7, 11) is -3.38. The molecule has 55 heavy (non-hydrogen) atoms. The second-order valence-corrected chi connectivity index (χ2v) is 21.3. The molecule has 7 nitrogen and oxygen atoms in total. The molecule has 0 aromatic heterocycles. The summed E-state index contributed by atoms with van der Waals surface area (Å²) in [5.74, 6) is 3.27. The van der Waals surface area contributed by atoms with Gasteiger partial charge < -0.3 is 19.7 Å². The van der Waals surface area contributed by atoms with Crippen molar-refractivity contribution in [2.75, 3.05) is 18.9 Å². The van der Waals surface area contributed by atoms with Gasteiger partial charge in [0.25, 0.3) is 0 Å². The normalized spacial score (nSPS) is 32.2. The number of aliphatic hydroxyl groups excluding tert-OH is 1.